The van der Waals surface area contributed by atoms with Crippen LogP contribution in [0.5, 0.6) is 11.5 Å². The van der Waals surface area contributed by atoms with Crippen molar-refractivity contribution in [3.05, 3.63) is 76.3 Å². The number of carbonyl (C=O) groups excluding carboxylic acids is 1. The summed E-state index contributed by atoms with van der Waals surface area (Å²) in [6, 6.07) is 14.9. The van der Waals surface area contributed by atoms with Crippen LogP contribution in [0.2, 0.25) is 5.02 Å². The highest BCUT2D eigenvalue weighted by atomic mass is 35.5. The molecule has 0 atom stereocenters. The molecular weight excluding hydrogens is 460 g/mol. The van der Waals surface area contributed by atoms with Gasteiger partial charge >= 0.3 is 0 Å². The molecule has 6 nitrogen and oxygen atoms in total. The molecule has 0 saturated heterocycles. The molecule has 0 spiro atoms. The Kier molecular flexibility index (Phi) is 6.82. The van der Waals surface area contributed by atoms with Crippen LogP contribution in [0.1, 0.15) is 11.3 Å². The van der Waals surface area contributed by atoms with Crippen molar-refractivity contribution in [1.29, 1.82) is 0 Å². The van der Waals surface area contributed by atoms with Crippen LogP contribution >= 0.6 is 22.9 Å². The second-order valence-electron chi connectivity index (χ2n) is 7.10. The summed E-state index contributed by atoms with van der Waals surface area (Å²) in [5.74, 6) is 2.18. The van der Waals surface area contributed by atoms with E-state index in [0.717, 1.165) is 22.4 Å². The second-order valence-corrected chi connectivity index (χ2v) is 8.36. The van der Waals surface area contributed by atoms with Crippen LogP contribution in [0.3, 0.4) is 0 Å². The van der Waals surface area contributed by atoms with Crippen molar-refractivity contribution in [2.75, 3.05) is 19.5 Å². The average Bonchev–Trinajstić information content (AvgIpc) is 3.49. The summed E-state index contributed by atoms with van der Waals surface area (Å²) in [6.45, 7) is 1.94. The van der Waals surface area contributed by atoms with Crippen LogP contribution in [0.25, 0.3) is 28.7 Å². The Labute approximate surface area is 200 Å². The van der Waals surface area contributed by atoms with Crippen LogP contribution in [0, 0.1) is 6.92 Å². The van der Waals surface area contributed by atoms with Gasteiger partial charge in [-0.1, -0.05) is 23.7 Å². The molecule has 0 aliphatic heterocycles. The standard InChI is InChI=1S/C25H21ClN2O4S/c1-15-4-5-17(12-19(15)26)21-10-7-18(32-21)8-11-24(29)28-25-27-20(14-33-25)16-6-9-22(30-2)23(13-16)31-3/h4-14H,1-3H3,(H,27,28,29)/b11-8+. The van der Waals surface area contributed by atoms with Gasteiger partial charge in [-0.15, -0.1) is 11.3 Å². The Morgan fingerprint density at radius 2 is 1.85 bits per heavy atom. The topological polar surface area (TPSA) is 73.6 Å². The summed E-state index contributed by atoms with van der Waals surface area (Å²) >= 11 is 7.53. The second kappa shape index (κ2) is 9.94. The molecule has 2 aromatic carbocycles. The molecule has 1 amide bonds. The van der Waals surface area contributed by atoms with Gasteiger partial charge in [-0.2, -0.15) is 0 Å². The third-order valence-electron chi connectivity index (χ3n) is 4.90. The molecule has 0 bridgehead atoms. The van der Waals surface area contributed by atoms with Gasteiger partial charge in [0, 0.05) is 27.6 Å². The number of benzene rings is 2. The molecule has 1 N–H and O–H groups in total. The van der Waals surface area contributed by atoms with Crippen LogP contribution in [0.15, 0.2) is 64.4 Å². The van der Waals surface area contributed by atoms with Gasteiger partial charge in [0.05, 0.1) is 19.9 Å². The molecule has 2 heterocycles. The van der Waals surface area contributed by atoms with Crippen LogP contribution in [-0.2, 0) is 4.79 Å². The zero-order valence-corrected chi connectivity index (χ0v) is 19.8. The Morgan fingerprint density at radius 1 is 1.06 bits per heavy atom. The Bertz CT molecular complexity index is 1330. The molecule has 168 valence electrons. The number of hydrogen-bond acceptors (Lipinski definition) is 6. The number of hydrogen-bond donors (Lipinski definition) is 1. The number of amides is 1. The van der Waals surface area contributed by atoms with E-state index in [1.807, 2.05) is 54.8 Å². The maximum absolute atomic E-state index is 12.3. The van der Waals surface area contributed by atoms with Crippen molar-refractivity contribution in [1.82, 2.24) is 4.98 Å². The molecule has 33 heavy (non-hydrogen) atoms. The first-order valence-corrected chi connectivity index (χ1v) is 11.3. The highest BCUT2D eigenvalue weighted by molar-refractivity contribution is 7.14. The molecule has 0 aliphatic rings. The molecule has 0 unspecified atom stereocenters. The lowest BCUT2D eigenvalue weighted by atomic mass is 10.1. The van der Waals surface area contributed by atoms with Gasteiger partial charge < -0.3 is 13.9 Å². The first kappa shape index (κ1) is 22.6. The van der Waals surface area contributed by atoms with E-state index in [9.17, 15) is 4.79 Å². The molecule has 0 fully saturated rings. The third-order valence-corrected chi connectivity index (χ3v) is 6.06. The van der Waals surface area contributed by atoms with E-state index < -0.39 is 0 Å². The first-order chi connectivity index (χ1) is 16.0. The smallest absolute Gasteiger partial charge is 0.250 e. The Morgan fingerprint density at radius 3 is 2.61 bits per heavy atom. The van der Waals surface area contributed by atoms with E-state index in [2.05, 4.69) is 10.3 Å². The largest absolute Gasteiger partial charge is 0.493 e. The predicted molar refractivity (Wildman–Crippen MR) is 132 cm³/mol. The van der Waals surface area contributed by atoms with Crippen LogP contribution in [-0.4, -0.2) is 25.1 Å². The van der Waals surface area contributed by atoms with Crippen molar-refractivity contribution in [3.8, 4) is 34.1 Å². The van der Waals surface area contributed by atoms with Crippen molar-refractivity contribution in [3.63, 3.8) is 0 Å². The quantitative estimate of drug-likeness (QED) is 0.298. The number of nitrogens with zero attached hydrogens (tertiary/aromatic N) is 1. The number of methoxy groups -OCH3 is 2. The predicted octanol–water partition coefficient (Wildman–Crippen LogP) is 6.70. The van der Waals surface area contributed by atoms with E-state index in [1.54, 1.807) is 26.4 Å². The van der Waals surface area contributed by atoms with Gasteiger partial charge in [0.1, 0.15) is 11.5 Å². The number of halogens is 1. The summed E-state index contributed by atoms with van der Waals surface area (Å²) in [5.41, 5.74) is 3.47. The highest BCUT2D eigenvalue weighted by Gasteiger charge is 2.11. The lowest BCUT2D eigenvalue weighted by molar-refractivity contribution is -0.111. The van der Waals surface area contributed by atoms with Gasteiger partial charge in [-0.05, 0) is 55.0 Å². The Hall–Kier alpha value is -3.55. The van der Waals surface area contributed by atoms with Crippen molar-refractivity contribution < 1.29 is 18.7 Å². The van der Waals surface area contributed by atoms with Crippen molar-refractivity contribution >= 4 is 40.1 Å². The summed E-state index contributed by atoms with van der Waals surface area (Å²) in [6.07, 6.45) is 3.01. The number of ether oxygens (including phenoxy) is 2. The minimum absolute atomic E-state index is 0.306. The zero-order valence-electron chi connectivity index (χ0n) is 18.2. The lowest BCUT2D eigenvalue weighted by Gasteiger charge is -2.08. The third kappa shape index (κ3) is 5.27. The number of furan rings is 1. The maximum atomic E-state index is 12.3. The average molecular weight is 481 g/mol. The Balaban J connectivity index is 1.41. The van der Waals surface area contributed by atoms with E-state index in [-0.39, 0.29) is 5.91 Å². The number of thiazole rings is 1. The van der Waals surface area contributed by atoms with Crippen molar-refractivity contribution in [2.24, 2.45) is 0 Å². The minimum Gasteiger partial charge on any atom is -0.493 e. The highest BCUT2D eigenvalue weighted by Crippen LogP contribution is 2.33. The van der Waals surface area contributed by atoms with Gasteiger partial charge in [0.15, 0.2) is 16.6 Å². The summed E-state index contributed by atoms with van der Waals surface area (Å²) in [4.78, 5) is 16.8. The van der Waals surface area contributed by atoms with Gasteiger partial charge in [0.2, 0.25) is 5.91 Å². The molecule has 0 aliphatic carbocycles. The molecule has 0 saturated carbocycles. The van der Waals surface area contributed by atoms with Crippen LogP contribution in [0.4, 0.5) is 5.13 Å². The fourth-order valence-electron chi connectivity index (χ4n) is 3.11. The molecular formula is C25H21ClN2O4S. The van der Waals surface area contributed by atoms with Gasteiger partial charge in [0.25, 0.3) is 0 Å². The fraction of sp³-hybridized carbons (Fsp3) is 0.120. The SMILES string of the molecule is COc1ccc(-c2csc(NC(=O)/C=C/c3ccc(-c4ccc(C)c(Cl)c4)o3)n2)cc1OC. The number of nitrogens with one attached hydrogen (secondary N) is 1. The molecule has 0 radical (unpaired) electrons. The van der Waals surface area contributed by atoms with E-state index in [0.29, 0.717) is 33.2 Å². The first-order valence-electron chi connectivity index (χ1n) is 10.00. The van der Waals surface area contributed by atoms with Crippen LogP contribution < -0.4 is 14.8 Å². The molecule has 4 aromatic rings. The number of anilines is 1. The van der Waals surface area contributed by atoms with E-state index in [1.165, 1.54) is 17.4 Å². The number of rotatable bonds is 7. The minimum atomic E-state index is -0.306. The number of carbonyl (C=O) groups is 1. The molecule has 4 rings (SSSR count). The number of aryl methyl sites for hydroxylation is 1. The van der Waals surface area contributed by atoms with Gasteiger partial charge in [-0.3, -0.25) is 10.1 Å². The van der Waals surface area contributed by atoms with Gasteiger partial charge in [-0.25, -0.2) is 4.98 Å². The van der Waals surface area contributed by atoms with E-state index >= 15 is 0 Å². The summed E-state index contributed by atoms with van der Waals surface area (Å²) in [5, 5.41) is 5.81. The lowest BCUT2D eigenvalue weighted by Crippen LogP contribution is -2.07. The summed E-state index contributed by atoms with van der Waals surface area (Å²) < 4.78 is 16.4. The van der Waals surface area contributed by atoms with Crippen molar-refractivity contribution in [2.45, 2.75) is 6.92 Å². The molecule has 8 heteroatoms. The molecule has 2 aromatic heterocycles. The monoisotopic (exact) mass is 480 g/mol. The van der Waals surface area contributed by atoms with E-state index in [4.69, 9.17) is 25.5 Å². The zero-order chi connectivity index (χ0) is 23.4. The number of aromatic nitrogens is 1. The maximum Gasteiger partial charge on any atom is 0.250 e. The normalized spacial score (nSPS) is 11.0. The fourth-order valence-corrected chi connectivity index (χ4v) is 4.01. The summed E-state index contributed by atoms with van der Waals surface area (Å²) in [7, 11) is 3.17.